The average Bonchev–Trinajstić information content (AvgIpc) is 2.30. The Bertz CT molecular complexity index is 554. The number of benzene rings is 1. The molecule has 0 saturated carbocycles. The fourth-order valence-corrected chi connectivity index (χ4v) is 1.21. The summed E-state index contributed by atoms with van der Waals surface area (Å²) in [6.45, 7) is 4.00. The van der Waals surface area contributed by atoms with Gasteiger partial charge in [-0.15, -0.1) is 0 Å². The van der Waals surface area contributed by atoms with Crippen molar-refractivity contribution in [1.29, 1.82) is 0 Å². The normalized spacial score (nSPS) is 9.38. The van der Waals surface area contributed by atoms with Gasteiger partial charge in [-0.05, 0) is 12.1 Å². The quantitative estimate of drug-likeness (QED) is 0.750. The van der Waals surface area contributed by atoms with E-state index < -0.39 is 11.6 Å². The molecule has 0 spiro atoms. The molecule has 0 aliphatic rings. The predicted octanol–water partition coefficient (Wildman–Crippen LogP) is 2.52. The van der Waals surface area contributed by atoms with Gasteiger partial charge in [0.15, 0.2) is 0 Å². The monoisotopic (exact) mass is 220 g/mol. The Hall–Kier alpha value is -2.10. The molecule has 0 bridgehead atoms. The summed E-state index contributed by atoms with van der Waals surface area (Å²) in [6, 6.07) is 8.07. The molecule has 1 aromatic heterocycles. The van der Waals surface area contributed by atoms with E-state index in [1.165, 1.54) is 6.07 Å². The summed E-state index contributed by atoms with van der Waals surface area (Å²) < 4.78 is 4.82. The predicted molar refractivity (Wildman–Crippen MR) is 60.8 cm³/mol. The van der Waals surface area contributed by atoms with Gasteiger partial charge in [-0.1, -0.05) is 32.0 Å². The number of aromatic carboxylic acids is 1. The van der Waals surface area contributed by atoms with Crippen LogP contribution in [-0.2, 0) is 0 Å². The second-order valence-electron chi connectivity index (χ2n) is 2.79. The number of para-hydroxylation sites is 1. The summed E-state index contributed by atoms with van der Waals surface area (Å²) in [5.74, 6) is -1.27. The van der Waals surface area contributed by atoms with Crippen molar-refractivity contribution in [2.75, 3.05) is 0 Å². The van der Waals surface area contributed by atoms with E-state index >= 15 is 0 Å². The van der Waals surface area contributed by atoms with Gasteiger partial charge in [0.25, 0.3) is 0 Å². The van der Waals surface area contributed by atoms with Gasteiger partial charge in [0, 0.05) is 5.39 Å². The third-order valence-corrected chi connectivity index (χ3v) is 1.87. The Morgan fingerprint density at radius 3 is 2.50 bits per heavy atom. The molecule has 0 radical (unpaired) electrons. The van der Waals surface area contributed by atoms with Crippen molar-refractivity contribution < 1.29 is 14.3 Å². The minimum atomic E-state index is -1.27. The highest BCUT2D eigenvalue weighted by atomic mass is 16.4. The van der Waals surface area contributed by atoms with Gasteiger partial charge in [-0.25, -0.2) is 9.59 Å². The van der Waals surface area contributed by atoms with Crippen molar-refractivity contribution in [3.05, 3.63) is 46.3 Å². The van der Waals surface area contributed by atoms with Gasteiger partial charge in [0.2, 0.25) is 0 Å². The van der Waals surface area contributed by atoms with E-state index in [0.717, 1.165) is 0 Å². The lowest BCUT2D eigenvalue weighted by Gasteiger charge is -1.96. The lowest BCUT2D eigenvalue weighted by atomic mass is 10.2. The molecule has 1 aromatic carbocycles. The summed E-state index contributed by atoms with van der Waals surface area (Å²) in [6.07, 6.45) is 0. The molecule has 0 unspecified atom stereocenters. The lowest BCUT2D eigenvalue weighted by molar-refractivity contribution is 0.0692. The van der Waals surface area contributed by atoms with Crippen molar-refractivity contribution in [1.82, 2.24) is 0 Å². The van der Waals surface area contributed by atoms with E-state index in [0.29, 0.717) is 11.0 Å². The Kier molecular flexibility index (Phi) is 3.83. The zero-order chi connectivity index (χ0) is 12.1. The van der Waals surface area contributed by atoms with Gasteiger partial charge >= 0.3 is 11.6 Å². The summed E-state index contributed by atoms with van der Waals surface area (Å²) in [5, 5.41) is 9.27. The molecule has 84 valence electrons. The largest absolute Gasteiger partial charge is 0.477 e. The van der Waals surface area contributed by atoms with Gasteiger partial charge in [-0.2, -0.15) is 0 Å². The molecule has 2 aromatic rings. The highest BCUT2D eigenvalue weighted by Gasteiger charge is 2.10. The van der Waals surface area contributed by atoms with E-state index in [9.17, 15) is 9.59 Å². The van der Waals surface area contributed by atoms with Crippen molar-refractivity contribution in [3.8, 4) is 0 Å². The van der Waals surface area contributed by atoms with Gasteiger partial charge in [0.1, 0.15) is 11.1 Å². The number of carboxylic acid groups (broad SMARTS) is 1. The summed E-state index contributed by atoms with van der Waals surface area (Å²) >= 11 is 0. The Balaban J connectivity index is 0.000000606. The topological polar surface area (TPSA) is 67.5 Å². The van der Waals surface area contributed by atoms with Crippen LogP contribution in [0.25, 0.3) is 11.0 Å². The molecular weight excluding hydrogens is 208 g/mol. The SMILES string of the molecule is CC.O=C(O)c1cc2ccccc2oc1=O. The molecule has 1 heterocycles. The smallest absolute Gasteiger partial charge is 0.351 e. The lowest BCUT2D eigenvalue weighted by Crippen LogP contribution is -2.12. The molecular formula is C12H12O4. The number of hydrogen-bond acceptors (Lipinski definition) is 3. The maximum Gasteiger partial charge on any atom is 0.351 e. The maximum absolute atomic E-state index is 11.1. The zero-order valence-corrected chi connectivity index (χ0v) is 9.06. The maximum atomic E-state index is 11.1. The Morgan fingerprint density at radius 2 is 1.88 bits per heavy atom. The van der Waals surface area contributed by atoms with E-state index in [1.807, 2.05) is 13.8 Å². The molecule has 2 rings (SSSR count). The highest BCUT2D eigenvalue weighted by molar-refractivity contribution is 5.91. The minimum absolute atomic E-state index is 0.344. The zero-order valence-electron chi connectivity index (χ0n) is 9.06. The molecule has 4 nitrogen and oxygen atoms in total. The van der Waals surface area contributed by atoms with E-state index in [2.05, 4.69) is 0 Å². The second kappa shape index (κ2) is 5.11. The first-order chi connectivity index (χ1) is 7.68. The second-order valence-corrected chi connectivity index (χ2v) is 2.79. The first-order valence-corrected chi connectivity index (χ1v) is 4.94. The van der Waals surface area contributed by atoms with Crippen LogP contribution in [-0.4, -0.2) is 11.1 Å². The van der Waals surface area contributed by atoms with Crippen LogP contribution in [0.5, 0.6) is 0 Å². The van der Waals surface area contributed by atoms with Crippen molar-refractivity contribution in [2.45, 2.75) is 13.8 Å². The summed E-state index contributed by atoms with van der Waals surface area (Å²) in [7, 11) is 0. The Labute approximate surface area is 92.1 Å². The van der Waals surface area contributed by atoms with Crippen LogP contribution in [0.3, 0.4) is 0 Å². The average molecular weight is 220 g/mol. The van der Waals surface area contributed by atoms with Gasteiger partial charge in [-0.3, -0.25) is 0 Å². The van der Waals surface area contributed by atoms with Crippen molar-refractivity contribution in [3.63, 3.8) is 0 Å². The molecule has 0 aliphatic heterocycles. The van der Waals surface area contributed by atoms with Gasteiger partial charge in [0.05, 0.1) is 0 Å². The first kappa shape index (κ1) is 12.0. The third-order valence-electron chi connectivity index (χ3n) is 1.87. The van der Waals surface area contributed by atoms with Crippen LogP contribution >= 0.6 is 0 Å². The van der Waals surface area contributed by atoms with Gasteiger partial charge < -0.3 is 9.52 Å². The Morgan fingerprint density at radius 1 is 1.25 bits per heavy atom. The van der Waals surface area contributed by atoms with Crippen LogP contribution in [0.1, 0.15) is 24.2 Å². The molecule has 4 heteroatoms. The number of carbonyl (C=O) groups is 1. The minimum Gasteiger partial charge on any atom is -0.477 e. The standard InChI is InChI=1S/C10H6O4.C2H6/c11-9(12)7-5-6-3-1-2-4-8(6)14-10(7)13;1-2/h1-5H,(H,11,12);1-2H3. The first-order valence-electron chi connectivity index (χ1n) is 4.94. The van der Waals surface area contributed by atoms with E-state index in [-0.39, 0.29) is 5.56 Å². The number of fused-ring (bicyclic) bond motifs is 1. The number of rotatable bonds is 1. The molecule has 0 fully saturated rings. The van der Waals surface area contributed by atoms with Crippen molar-refractivity contribution in [2.24, 2.45) is 0 Å². The van der Waals surface area contributed by atoms with Crippen LogP contribution in [0.4, 0.5) is 0 Å². The van der Waals surface area contributed by atoms with Crippen LogP contribution in [0.2, 0.25) is 0 Å². The fourth-order valence-electron chi connectivity index (χ4n) is 1.21. The molecule has 0 amide bonds. The van der Waals surface area contributed by atoms with Crippen LogP contribution in [0, 0.1) is 0 Å². The number of carboxylic acids is 1. The third kappa shape index (κ3) is 2.28. The highest BCUT2D eigenvalue weighted by Crippen LogP contribution is 2.12. The van der Waals surface area contributed by atoms with E-state index in [4.69, 9.17) is 9.52 Å². The molecule has 16 heavy (non-hydrogen) atoms. The van der Waals surface area contributed by atoms with Crippen molar-refractivity contribution >= 4 is 16.9 Å². The number of hydrogen-bond donors (Lipinski definition) is 1. The molecule has 1 N–H and O–H groups in total. The summed E-state index contributed by atoms with van der Waals surface area (Å²) in [4.78, 5) is 21.7. The van der Waals surface area contributed by atoms with Crippen LogP contribution < -0.4 is 5.63 Å². The molecule has 0 atom stereocenters. The molecule has 0 aliphatic carbocycles. The van der Waals surface area contributed by atoms with Crippen LogP contribution in [0.15, 0.2) is 39.5 Å². The molecule has 0 saturated heterocycles. The summed E-state index contributed by atoms with van der Waals surface area (Å²) in [5.41, 5.74) is -0.776. The fraction of sp³-hybridized carbons (Fsp3) is 0.167. The van der Waals surface area contributed by atoms with E-state index in [1.54, 1.807) is 24.3 Å².